The second-order valence-electron chi connectivity index (χ2n) is 5.57. The Morgan fingerprint density at radius 1 is 1.18 bits per heavy atom. The Balaban J connectivity index is 1.91. The van der Waals surface area contributed by atoms with E-state index in [1.54, 1.807) is 24.4 Å². The summed E-state index contributed by atoms with van der Waals surface area (Å²) < 4.78 is 16.0. The van der Waals surface area contributed by atoms with E-state index in [9.17, 15) is 14.7 Å². The number of carbonyl (C=O) groups is 2. The summed E-state index contributed by atoms with van der Waals surface area (Å²) in [7, 11) is 3.99. The number of aromatic nitrogens is 4. The summed E-state index contributed by atoms with van der Waals surface area (Å²) in [4.78, 5) is 30.8. The molecule has 0 aliphatic carbocycles. The van der Waals surface area contributed by atoms with Crippen molar-refractivity contribution in [1.29, 1.82) is 0 Å². The molecular formula is C17H17N5O6. The van der Waals surface area contributed by atoms with Gasteiger partial charge in [0, 0.05) is 5.56 Å². The van der Waals surface area contributed by atoms with Crippen LogP contribution in [-0.4, -0.2) is 58.2 Å². The number of amides is 1. The molecule has 3 rings (SSSR count). The molecule has 0 atom stereocenters. The molecule has 2 heterocycles. The summed E-state index contributed by atoms with van der Waals surface area (Å²) in [6.07, 6.45) is 0.814. The van der Waals surface area contributed by atoms with Crippen molar-refractivity contribution >= 4 is 29.0 Å². The zero-order chi connectivity index (χ0) is 20.3. The van der Waals surface area contributed by atoms with Crippen LogP contribution in [0.2, 0.25) is 0 Å². The number of esters is 1. The van der Waals surface area contributed by atoms with E-state index in [0.29, 0.717) is 16.8 Å². The van der Waals surface area contributed by atoms with E-state index in [1.807, 2.05) is 0 Å². The lowest BCUT2D eigenvalue weighted by atomic mass is 10.1. The number of carbonyl (C=O) groups excluding carboxylic acids is 2. The van der Waals surface area contributed by atoms with Crippen LogP contribution in [-0.2, 0) is 16.0 Å². The molecule has 0 saturated heterocycles. The number of aromatic hydroxyl groups is 1. The Hall–Kier alpha value is -3.89. The Labute approximate surface area is 158 Å². The molecule has 2 aromatic heterocycles. The van der Waals surface area contributed by atoms with Gasteiger partial charge >= 0.3 is 12.1 Å². The molecule has 146 valence electrons. The summed E-state index contributed by atoms with van der Waals surface area (Å²) in [6.45, 7) is 0.278. The normalized spacial score (nSPS) is 10.5. The molecule has 0 radical (unpaired) electrons. The number of fused-ring (bicyclic) bond motifs is 1. The van der Waals surface area contributed by atoms with Gasteiger partial charge in [-0.05, 0) is 12.1 Å². The highest BCUT2D eigenvalue weighted by atomic mass is 16.5. The molecule has 1 amide bonds. The maximum Gasteiger partial charge on any atom is 0.413 e. The monoisotopic (exact) mass is 387 g/mol. The third-order valence-electron chi connectivity index (χ3n) is 3.83. The Bertz CT molecular complexity index is 1050. The van der Waals surface area contributed by atoms with Crippen molar-refractivity contribution in [3.05, 3.63) is 35.5 Å². The van der Waals surface area contributed by atoms with Crippen molar-refractivity contribution in [2.24, 2.45) is 0 Å². The third-order valence-corrected chi connectivity index (χ3v) is 3.83. The molecule has 0 aliphatic heterocycles. The molecule has 0 unspecified atom stereocenters. The van der Waals surface area contributed by atoms with E-state index >= 15 is 0 Å². The minimum Gasteiger partial charge on any atom is -0.496 e. The van der Waals surface area contributed by atoms with E-state index in [-0.39, 0.29) is 23.9 Å². The van der Waals surface area contributed by atoms with Gasteiger partial charge in [0.1, 0.15) is 11.3 Å². The number of hydrogen-bond donors (Lipinski definition) is 2. The second-order valence-corrected chi connectivity index (χ2v) is 5.57. The van der Waals surface area contributed by atoms with Gasteiger partial charge in [-0.15, -0.1) is 0 Å². The predicted molar refractivity (Wildman–Crippen MR) is 96.5 cm³/mol. The zero-order valence-corrected chi connectivity index (χ0v) is 15.3. The molecule has 28 heavy (non-hydrogen) atoms. The van der Waals surface area contributed by atoms with Crippen molar-refractivity contribution in [2.75, 3.05) is 26.6 Å². The smallest absolute Gasteiger partial charge is 0.413 e. The first-order valence-electron chi connectivity index (χ1n) is 7.99. The number of ether oxygens (including phenoxy) is 3. The second kappa shape index (κ2) is 7.78. The highest BCUT2D eigenvalue weighted by molar-refractivity contribution is 5.90. The average Bonchev–Trinajstić information content (AvgIpc) is 3.10. The Kier molecular flexibility index (Phi) is 5.25. The minimum absolute atomic E-state index is 0.114. The lowest BCUT2D eigenvalue weighted by Crippen LogP contribution is -2.13. The molecule has 11 nitrogen and oxygen atoms in total. The molecular weight excluding hydrogens is 370 g/mol. The Morgan fingerprint density at radius 2 is 1.96 bits per heavy atom. The van der Waals surface area contributed by atoms with Gasteiger partial charge in [0.15, 0.2) is 5.52 Å². The molecule has 0 fully saturated rings. The van der Waals surface area contributed by atoms with Crippen molar-refractivity contribution in [3.8, 4) is 11.6 Å². The molecule has 0 bridgehead atoms. The molecule has 2 N–H and O–H groups in total. The van der Waals surface area contributed by atoms with Crippen LogP contribution >= 0.6 is 0 Å². The molecule has 11 heteroatoms. The highest BCUT2D eigenvalue weighted by Crippen LogP contribution is 2.25. The maximum atomic E-state index is 11.7. The van der Waals surface area contributed by atoms with Gasteiger partial charge in [0.2, 0.25) is 11.8 Å². The number of hydrogen-bond acceptors (Lipinski definition) is 9. The number of methoxy groups -OCH3 is 3. The molecule has 0 spiro atoms. The number of benzene rings is 1. The van der Waals surface area contributed by atoms with E-state index in [4.69, 9.17) is 9.47 Å². The van der Waals surface area contributed by atoms with Crippen LogP contribution in [0, 0.1) is 0 Å². The maximum absolute atomic E-state index is 11.7. The van der Waals surface area contributed by atoms with Gasteiger partial charge in [-0.2, -0.15) is 10.1 Å². The van der Waals surface area contributed by atoms with E-state index in [1.165, 1.54) is 26.0 Å². The van der Waals surface area contributed by atoms with Crippen LogP contribution < -0.4 is 10.1 Å². The topological polar surface area (TPSA) is 138 Å². The van der Waals surface area contributed by atoms with Crippen LogP contribution in [0.4, 0.5) is 10.7 Å². The molecule has 1 aromatic carbocycles. The SMILES string of the molecule is COC(=O)Nc1nc(O)c2nn(Cc3ccc(C(=O)OC)cc3OC)cc2n1. The van der Waals surface area contributed by atoms with Gasteiger partial charge in [-0.3, -0.25) is 10.00 Å². The van der Waals surface area contributed by atoms with Crippen molar-refractivity contribution in [3.63, 3.8) is 0 Å². The molecule has 0 saturated carbocycles. The quantitative estimate of drug-likeness (QED) is 0.624. The zero-order valence-electron chi connectivity index (χ0n) is 15.3. The van der Waals surface area contributed by atoms with Crippen LogP contribution in [0.15, 0.2) is 24.4 Å². The standard InChI is InChI=1S/C17H17N5O6/c1-26-12-6-9(15(24)27-2)4-5-10(12)7-22-8-11-13(21-22)14(23)19-16(18-11)20-17(25)28-3/h4-6,8H,7H2,1-3H3,(H2,18,19,20,23,25). The lowest BCUT2D eigenvalue weighted by Gasteiger charge is -2.10. The third kappa shape index (κ3) is 3.77. The van der Waals surface area contributed by atoms with Crippen molar-refractivity contribution in [1.82, 2.24) is 19.7 Å². The number of anilines is 1. The fourth-order valence-corrected chi connectivity index (χ4v) is 2.52. The van der Waals surface area contributed by atoms with E-state index < -0.39 is 12.1 Å². The molecule has 3 aromatic rings. The number of rotatable bonds is 5. The fourth-order valence-electron chi connectivity index (χ4n) is 2.52. The number of nitrogens with one attached hydrogen (secondary N) is 1. The fraction of sp³-hybridized carbons (Fsp3) is 0.235. The van der Waals surface area contributed by atoms with Gasteiger partial charge < -0.3 is 19.3 Å². The van der Waals surface area contributed by atoms with E-state index in [0.717, 1.165) is 5.56 Å². The first kappa shape index (κ1) is 18.9. The Morgan fingerprint density at radius 3 is 2.64 bits per heavy atom. The predicted octanol–water partition coefficient (Wildman–Crippen LogP) is 1.55. The summed E-state index contributed by atoms with van der Waals surface area (Å²) in [5.74, 6) is -0.495. The molecule has 0 aliphatic rings. The number of nitrogens with zero attached hydrogens (tertiary/aromatic N) is 4. The van der Waals surface area contributed by atoms with Crippen LogP contribution in [0.25, 0.3) is 11.0 Å². The van der Waals surface area contributed by atoms with Crippen LogP contribution in [0.3, 0.4) is 0 Å². The summed E-state index contributed by atoms with van der Waals surface area (Å²) >= 11 is 0. The van der Waals surface area contributed by atoms with Gasteiger partial charge in [-0.25, -0.2) is 14.6 Å². The largest absolute Gasteiger partial charge is 0.496 e. The van der Waals surface area contributed by atoms with Gasteiger partial charge in [-0.1, -0.05) is 6.07 Å². The summed E-state index contributed by atoms with van der Waals surface area (Å²) in [6, 6.07) is 4.90. The van der Waals surface area contributed by atoms with Crippen LogP contribution in [0.1, 0.15) is 15.9 Å². The van der Waals surface area contributed by atoms with Crippen molar-refractivity contribution in [2.45, 2.75) is 6.54 Å². The first-order chi connectivity index (χ1) is 13.4. The lowest BCUT2D eigenvalue weighted by molar-refractivity contribution is 0.0600. The first-order valence-corrected chi connectivity index (χ1v) is 7.99. The summed E-state index contributed by atoms with van der Waals surface area (Å²) in [5, 5.41) is 16.6. The van der Waals surface area contributed by atoms with E-state index in [2.05, 4.69) is 25.1 Å². The summed E-state index contributed by atoms with van der Waals surface area (Å²) in [5.41, 5.74) is 1.59. The van der Waals surface area contributed by atoms with Crippen LogP contribution in [0.5, 0.6) is 11.6 Å². The van der Waals surface area contributed by atoms with Gasteiger partial charge in [0.05, 0.1) is 39.6 Å². The van der Waals surface area contributed by atoms with Gasteiger partial charge in [0.25, 0.3) is 0 Å². The highest BCUT2D eigenvalue weighted by Gasteiger charge is 2.15. The minimum atomic E-state index is -0.762. The average molecular weight is 387 g/mol. The van der Waals surface area contributed by atoms with Crippen molar-refractivity contribution < 1.29 is 28.9 Å².